The Morgan fingerprint density at radius 1 is 0.848 bits per heavy atom. The molecule has 2 saturated carbocycles. The van der Waals surface area contributed by atoms with Gasteiger partial charge < -0.3 is 0 Å². The highest BCUT2D eigenvalue weighted by Crippen LogP contribution is 2.61. The second kappa shape index (κ2) is 12.8. The number of hydrogen-bond acceptors (Lipinski definition) is 0. The van der Waals surface area contributed by atoms with Crippen LogP contribution in [0.5, 0.6) is 0 Å². The molecule has 7 atom stereocenters. The first-order valence-corrected chi connectivity index (χ1v) is 18.7. The van der Waals surface area contributed by atoms with Crippen LogP contribution in [-0.4, -0.2) is 14.7 Å². The van der Waals surface area contributed by atoms with Gasteiger partial charge in [0.05, 0.1) is 0 Å². The first-order valence-electron chi connectivity index (χ1n) is 13.9. The molecule has 0 nitrogen and oxygen atoms in total. The van der Waals surface area contributed by atoms with Crippen molar-refractivity contribution in [3.8, 4) is 0 Å². The van der Waals surface area contributed by atoms with Crippen molar-refractivity contribution in [2.24, 2.45) is 28.6 Å². The predicted molar refractivity (Wildman–Crippen MR) is 184 cm³/mol. The maximum Gasteiger partial charge on any atom is 0.0370 e. The first-order chi connectivity index (χ1) is 15.3. The zero-order chi connectivity index (χ0) is 25.1. The minimum atomic E-state index is 0.374. The summed E-state index contributed by atoms with van der Waals surface area (Å²) in [5.74, 6) is 2.92. The Bertz CT molecular complexity index is 619. The zero-order valence-corrected chi connectivity index (χ0v) is 31.3. The van der Waals surface area contributed by atoms with Crippen molar-refractivity contribution < 1.29 is 0 Å². The van der Waals surface area contributed by atoms with Gasteiger partial charge in [0.15, 0.2) is 0 Å². The summed E-state index contributed by atoms with van der Waals surface area (Å²) < 4.78 is 2.64. The van der Waals surface area contributed by atoms with Crippen molar-refractivity contribution in [1.29, 1.82) is 0 Å². The molecule has 0 spiro atoms. The smallest absolute Gasteiger partial charge is 0.0370 e. The normalized spacial score (nSPS) is 33.7. The highest BCUT2D eigenvalue weighted by atomic mass is 127. The van der Waals surface area contributed by atoms with Crippen molar-refractivity contribution in [3.05, 3.63) is 0 Å². The minimum absolute atomic E-state index is 0.374. The Labute approximate surface area is 262 Å². The molecule has 0 aromatic carbocycles. The fraction of sp³-hybridized carbons (Fsp3) is 1.00. The molecular weight excluding hydrogens is 856 g/mol. The fourth-order valence-corrected chi connectivity index (χ4v) is 13.6. The van der Waals surface area contributed by atoms with E-state index in [0.717, 1.165) is 17.8 Å². The van der Waals surface area contributed by atoms with E-state index in [1.807, 2.05) is 0 Å². The Balaban J connectivity index is 2.23. The summed E-state index contributed by atoms with van der Waals surface area (Å²) in [6, 6.07) is 0. The molecule has 0 aliphatic heterocycles. The third kappa shape index (κ3) is 7.32. The standard InChI is InChI=1S/C29H52I4/c1-8-16-28(32,10-3)29(33,11-4)20-25(5,6)19-26(7,21-30)24-13-12-17-27(24,31)18-23-15-14-22(23)9-2/h22-24H,8-21H2,1-7H3. The van der Waals surface area contributed by atoms with E-state index < -0.39 is 0 Å². The van der Waals surface area contributed by atoms with Gasteiger partial charge in [-0.15, -0.1) is 0 Å². The topological polar surface area (TPSA) is 0 Å². The summed E-state index contributed by atoms with van der Waals surface area (Å²) in [6.07, 6.45) is 18.2. The quantitative estimate of drug-likeness (QED) is 0.120. The Morgan fingerprint density at radius 3 is 1.91 bits per heavy atom. The van der Waals surface area contributed by atoms with Gasteiger partial charge in [-0.25, -0.2) is 0 Å². The summed E-state index contributed by atoms with van der Waals surface area (Å²) in [4.78, 5) is 0. The van der Waals surface area contributed by atoms with Gasteiger partial charge in [-0.05, 0) is 92.8 Å². The largest absolute Gasteiger partial charge is 0.0858 e. The Morgan fingerprint density at radius 2 is 1.45 bits per heavy atom. The maximum atomic E-state index is 2.99. The number of halogens is 4. The van der Waals surface area contributed by atoms with Crippen molar-refractivity contribution in [1.82, 2.24) is 0 Å². The molecule has 196 valence electrons. The molecule has 0 bridgehead atoms. The molecule has 2 aliphatic rings. The zero-order valence-electron chi connectivity index (χ0n) is 22.6. The van der Waals surface area contributed by atoms with Gasteiger partial charge in [-0.3, -0.25) is 0 Å². The van der Waals surface area contributed by atoms with Crippen LogP contribution in [-0.2, 0) is 0 Å². The van der Waals surface area contributed by atoms with Gasteiger partial charge >= 0.3 is 0 Å². The molecule has 0 N–H and O–H groups in total. The van der Waals surface area contributed by atoms with Crippen molar-refractivity contribution in [2.45, 2.75) is 142 Å². The Kier molecular flexibility index (Phi) is 12.5. The lowest BCUT2D eigenvalue weighted by Crippen LogP contribution is -2.49. The molecule has 2 aliphatic carbocycles. The Hall–Kier alpha value is 2.92. The van der Waals surface area contributed by atoms with Crippen LogP contribution in [0.25, 0.3) is 0 Å². The molecule has 2 fully saturated rings. The van der Waals surface area contributed by atoms with Gasteiger partial charge in [0.1, 0.15) is 0 Å². The first kappa shape index (κ1) is 32.1. The lowest BCUT2D eigenvalue weighted by atomic mass is 9.60. The van der Waals surface area contributed by atoms with Crippen LogP contribution in [0.3, 0.4) is 0 Å². The molecular formula is C29H52I4. The second-order valence-corrected chi connectivity index (χ2v) is 19.9. The molecule has 0 aromatic heterocycles. The summed E-state index contributed by atoms with van der Waals surface area (Å²) in [5.41, 5.74) is 0.822. The van der Waals surface area contributed by atoms with Crippen molar-refractivity contribution >= 4 is 90.4 Å². The maximum absolute atomic E-state index is 2.99. The van der Waals surface area contributed by atoms with Gasteiger partial charge in [0, 0.05) is 14.7 Å². The average Bonchev–Trinajstić information content (AvgIpc) is 3.13. The average molecular weight is 908 g/mol. The van der Waals surface area contributed by atoms with E-state index in [-0.39, 0.29) is 0 Å². The molecule has 0 amide bonds. The lowest BCUT2D eigenvalue weighted by molar-refractivity contribution is 0.0760. The summed E-state index contributed by atoms with van der Waals surface area (Å²) >= 11 is 11.5. The fourth-order valence-electron chi connectivity index (χ4n) is 8.02. The van der Waals surface area contributed by atoms with Gasteiger partial charge in [-0.1, -0.05) is 158 Å². The van der Waals surface area contributed by atoms with Crippen LogP contribution < -0.4 is 0 Å². The van der Waals surface area contributed by atoms with Crippen LogP contribution >= 0.6 is 90.4 Å². The molecule has 0 aromatic rings. The molecule has 0 radical (unpaired) electrons. The molecule has 0 heterocycles. The summed E-state index contributed by atoms with van der Waals surface area (Å²) in [5, 5.41) is 0. The predicted octanol–water partition coefficient (Wildman–Crippen LogP) is 12.0. The monoisotopic (exact) mass is 908 g/mol. The van der Waals surface area contributed by atoms with E-state index in [1.165, 1.54) is 87.9 Å². The van der Waals surface area contributed by atoms with Crippen LogP contribution in [0.15, 0.2) is 0 Å². The number of alkyl halides is 4. The highest BCUT2D eigenvalue weighted by molar-refractivity contribution is 14.1. The molecule has 0 saturated heterocycles. The molecule has 4 heteroatoms. The molecule has 7 unspecified atom stereocenters. The van der Waals surface area contributed by atoms with E-state index in [1.54, 1.807) is 0 Å². The van der Waals surface area contributed by atoms with Crippen molar-refractivity contribution in [3.63, 3.8) is 0 Å². The lowest BCUT2D eigenvalue weighted by Gasteiger charge is -2.52. The summed E-state index contributed by atoms with van der Waals surface area (Å²) in [6.45, 7) is 17.6. The van der Waals surface area contributed by atoms with E-state index >= 15 is 0 Å². The number of hydrogen-bond donors (Lipinski definition) is 0. The number of rotatable bonds is 14. The minimum Gasteiger partial charge on any atom is -0.0858 e. The van der Waals surface area contributed by atoms with Crippen LogP contribution in [0.2, 0.25) is 0 Å². The second-order valence-electron chi connectivity index (χ2n) is 12.9. The SMILES string of the molecule is CCCC(I)(CC)C(I)(CC)CC(C)(C)CC(C)(CI)C1CCCC1(I)CC1CCC1CC. The van der Waals surface area contributed by atoms with Gasteiger partial charge in [0.25, 0.3) is 0 Å². The van der Waals surface area contributed by atoms with E-state index in [2.05, 4.69) is 139 Å². The van der Waals surface area contributed by atoms with Crippen LogP contribution in [0.4, 0.5) is 0 Å². The van der Waals surface area contributed by atoms with Gasteiger partial charge in [-0.2, -0.15) is 0 Å². The highest BCUT2D eigenvalue weighted by Gasteiger charge is 2.54. The van der Waals surface area contributed by atoms with E-state index in [4.69, 9.17) is 0 Å². The third-order valence-corrected chi connectivity index (χ3v) is 18.8. The van der Waals surface area contributed by atoms with E-state index in [0.29, 0.717) is 21.1 Å². The van der Waals surface area contributed by atoms with E-state index in [9.17, 15) is 0 Å². The van der Waals surface area contributed by atoms with Crippen LogP contribution in [0, 0.1) is 28.6 Å². The van der Waals surface area contributed by atoms with Gasteiger partial charge in [0.2, 0.25) is 0 Å². The molecule has 2 rings (SSSR count). The van der Waals surface area contributed by atoms with Crippen LogP contribution in [0.1, 0.15) is 132 Å². The third-order valence-electron chi connectivity index (χ3n) is 9.77. The molecule has 33 heavy (non-hydrogen) atoms. The van der Waals surface area contributed by atoms with Crippen molar-refractivity contribution in [2.75, 3.05) is 4.43 Å². The summed E-state index contributed by atoms with van der Waals surface area (Å²) in [7, 11) is 0.